The first-order valence-electron chi connectivity index (χ1n) is 9.91. The first-order valence-corrected chi connectivity index (χ1v) is 9.91. The zero-order valence-corrected chi connectivity index (χ0v) is 17.9. The van der Waals surface area contributed by atoms with Gasteiger partial charge in [-0.2, -0.15) is 0 Å². The molecular formula is C19H34N4O7. The summed E-state index contributed by atoms with van der Waals surface area (Å²) in [5, 5.41) is 25.1. The summed E-state index contributed by atoms with van der Waals surface area (Å²) in [5.74, 6) is -4.10. The minimum atomic E-state index is -1.16. The number of nitrogens with two attached hydrogens (primary N) is 1. The van der Waals surface area contributed by atoms with Crippen molar-refractivity contribution < 1.29 is 34.2 Å². The highest BCUT2D eigenvalue weighted by atomic mass is 16.4. The molecule has 0 saturated carbocycles. The average Bonchev–Trinajstić information content (AvgIpc) is 2.61. The summed E-state index contributed by atoms with van der Waals surface area (Å²) in [5.41, 5.74) is 5.66. The van der Waals surface area contributed by atoms with Gasteiger partial charge < -0.3 is 31.9 Å². The Morgan fingerprint density at radius 1 is 0.833 bits per heavy atom. The van der Waals surface area contributed by atoms with Crippen LogP contribution in [0, 0.1) is 11.8 Å². The van der Waals surface area contributed by atoms with E-state index in [4.69, 9.17) is 15.9 Å². The molecular weight excluding hydrogens is 396 g/mol. The Morgan fingerprint density at radius 3 is 1.83 bits per heavy atom. The molecule has 3 amide bonds. The van der Waals surface area contributed by atoms with Gasteiger partial charge in [-0.3, -0.25) is 19.2 Å². The van der Waals surface area contributed by atoms with Crippen LogP contribution in [0.4, 0.5) is 0 Å². The molecule has 0 bridgehead atoms. The second kappa shape index (κ2) is 13.5. The fourth-order valence-corrected chi connectivity index (χ4v) is 2.62. The van der Waals surface area contributed by atoms with Crippen LogP contribution in [0.5, 0.6) is 0 Å². The Hall–Kier alpha value is -2.69. The lowest BCUT2D eigenvalue weighted by molar-refractivity contribution is -0.142. The fourth-order valence-electron chi connectivity index (χ4n) is 2.62. The molecule has 11 heteroatoms. The van der Waals surface area contributed by atoms with Gasteiger partial charge >= 0.3 is 11.9 Å². The van der Waals surface area contributed by atoms with E-state index in [1.807, 2.05) is 27.7 Å². The molecule has 0 aliphatic rings. The van der Waals surface area contributed by atoms with Crippen LogP contribution in [0.2, 0.25) is 0 Å². The first-order chi connectivity index (χ1) is 13.8. The van der Waals surface area contributed by atoms with Gasteiger partial charge in [0.15, 0.2) is 0 Å². The van der Waals surface area contributed by atoms with Gasteiger partial charge in [0.1, 0.15) is 12.1 Å². The molecule has 0 aliphatic carbocycles. The lowest BCUT2D eigenvalue weighted by Crippen LogP contribution is -2.54. The Morgan fingerprint density at radius 2 is 1.37 bits per heavy atom. The number of aliphatic carboxylic acids is 2. The maximum Gasteiger partial charge on any atom is 0.326 e. The summed E-state index contributed by atoms with van der Waals surface area (Å²) in [6.07, 6.45) is 0.161. The van der Waals surface area contributed by atoms with Crippen molar-refractivity contribution in [3.63, 3.8) is 0 Å². The number of carbonyl (C=O) groups is 5. The smallest absolute Gasteiger partial charge is 0.326 e. The van der Waals surface area contributed by atoms with E-state index >= 15 is 0 Å². The molecule has 0 rings (SSSR count). The van der Waals surface area contributed by atoms with Gasteiger partial charge in [-0.1, -0.05) is 27.7 Å². The van der Waals surface area contributed by atoms with Crippen molar-refractivity contribution in [2.75, 3.05) is 6.54 Å². The van der Waals surface area contributed by atoms with Crippen LogP contribution in [0.25, 0.3) is 0 Å². The van der Waals surface area contributed by atoms with Gasteiger partial charge in [-0.25, -0.2) is 4.79 Å². The second-order valence-corrected chi connectivity index (χ2v) is 8.04. The van der Waals surface area contributed by atoms with Gasteiger partial charge in [-0.05, 0) is 31.1 Å². The van der Waals surface area contributed by atoms with Crippen LogP contribution >= 0.6 is 0 Å². The number of amides is 3. The Bertz CT molecular complexity index is 622. The number of carboxylic acids is 2. The van der Waals surface area contributed by atoms with Crippen LogP contribution in [0.1, 0.15) is 53.4 Å². The van der Waals surface area contributed by atoms with E-state index in [0.717, 1.165) is 0 Å². The molecule has 0 saturated heterocycles. The SMILES string of the molecule is CC(C)CC(NC(=O)CNC(=O)C(CC(C)C)NC(=O)C(N)CCC(=O)O)C(=O)O. The monoisotopic (exact) mass is 430 g/mol. The van der Waals surface area contributed by atoms with Crippen molar-refractivity contribution in [2.45, 2.75) is 71.5 Å². The summed E-state index contributed by atoms with van der Waals surface area (Å²) < 4.78 is 0. The molecule has 0 radical (unpaired) electrons. The van der Waals surface area contributed by atoms with E-state index in [1.165, 1.54) is 0 Å². The maximum atomic E-state index is 12.4. The molecule has 172 valence electrons. The molecule has 0 aromatic rings. The number of hydrogen-bond donors (Lipinski definition) is 6. The van der Waals surface area contributed by atoms with E-state index in [0.29, 0.717) is 0 Å². The Kier molecular flexibility index (Phi) is 12.3. The van der Waals surface area contributed by atoms with Gasteiger partial charge in [0.25, 0.3) is 0 Å². The molecule has 0 aliphatic heterocycles. The van der Waals surface area contributed by atoms with Gasteiger partial charge in [0, 0.05) is 6.42 Å². The number of carbonyl (C=O) groups excluding carboxylic acids is 3. The molecule has 11 nitrogen and oxygen atoms in total. The van der Waals surface area contributed by atoms with Crippen LogP contribution in [-0.4, -0.2) is 64.5 Å². The van der Waals surface area contributed by atoms with E-state index in [1.54, 1.807) is 0 Å². The molecule has 0 fully saturated rings. The first kappa shape index (κ1) is 27.3. The fraction of sp³-hybridized carbons (Fsp3) is 0.737. The van der Waals surface area contributed by atoms with Crippen LogP contribution < -0.4 is 21.7 Å². The highest BCUT2D eigenvalue weighted by Gasteiger charge is 2.26. The molecule has 3 unspecified atom stereocenters. The van der Waals surface area contributed by atoms with Crippen molar-refractivity contribution in [3.05, 3.63) is 0 Å². The summed E-state index contributed by atoms with van der Waals surface area (Å²) >= 11 is 0. The third-order valence-corrected chi connectivity index (χ3v) is 4.11. The van der Waals surface area contributed by atoms with Crippen LogP contribution in [0.3, 0.4) is 0 Å². The zero-order valence-electron chi connectivity index (χ0n) is 17.9. The maximum absolute atomic E-state index is 12.4. The van der Waals surface area contributed by atoms with Crippen molar-refractivity contribution in [1.82, 2.24) is 16.0 Å². The molecule has 0 spiro atoms. The third-order valence-electron chi connectivity index (χ3n) is 4.11. The quantitative estimate of drug-likeness (QED) is 0.211. The van der Waals surface area contributed by atoms with Crippen molar-refractivity contribution >= 4 is 29.7 Å². The lowest BCUT2D eigenvalue weighted by Gasteiger charge is -2.22. The number of rotatable bonds is 14. The minimum absolute atomic E-state index is 0.0348. The topological polar surface area (TPSA) is 188 Å². The molecule has 0 aromatic carbocycles. The minimum Gasteiger partial charge on any atom is -0.481 e. The van der Waals surface area contributed by atoms with Crippen molar-refractivity contribution in [2.24, 2.45) is 17.6 Å². The van der Waals surface area contributed by atoms with E-state index in [2.05, 4.69) is 16.0 Å². The van der Waals surface area contributed by atoms with Gasteiger partial charge in [0.2, 0.25) is 17.7 Å². The third kappa shape index (κ3) is 12.0. The van der Waals surface area contributed by atoms with E-state index < -0.39 is 54.3 Å². The van der Waals surface area contributed by atoms with Crippen molar-refractivity contribution in [3.8, 4) is 0 Å². The predicted molar refractivity (Wildman–Crippen MR) is 108 cm³/mol. The molecule has 3 atom stereocenters. The van der Waals surface area contributed by atoms with E-state index in [-0.39, 0.29) is 37.5 Å². The summed E-state index contributed by atoms with van der Waals surface area (Å²) in [7, 11) is 0. The molecule has 30 heavy (non-hydrogen) atoms. The van der Waals surface area contributed by atoms with Crippen molar-refractivity contribution in [1.29, 1.82) is 0 Å². The lowest BCUT2D eigenvalue weighted by atomic mass is 10.0. The summed E-state index contributed by atoms with van der Waals surface area (Å²) in [6, 6.07) is -3.11. The number of hydrogen-bond acceptors (Lipinski definition) is 6. The summed E-state index contributed by atoms with van der Waals surface area (Å²) in [4.78, 5) is 58.4. The summed E-state index contributed by atoms with van der Waals surface area (Å²) in [6.45, 7) is 6.88. The van der Waals surface area contributed by atoms with Gasteiger partial charge in [0.05, 0.1) is 12.6 Å². The normalized spacial score (nSPS) is 14.0. The molecule has 0 heterocycles. The molecule has 7 N–H and O–H groups in total. The number of carboxylic acid groups (broad SMARTS) is 2. The van der Waals surface area contributed by atoms with Gasteiger partial charge in [-0.15, -0.1) is 0 Å². The largest absolute Gasteiger partial charge is 0.481 e. The zero-order chi connectivity index (χ0) is 23.4. The van der Waals surface area contributed by atoms with Crippen LogP contribution in [-0.2, 0) is 24.0 Å². The van der Waals surface area contributed by atoms with E-state index in [9.17, 15) is 24.0 Å². The predicted octanol–water partition coefficient (Wildman–Crippen LogP) is -0.559. The Labute approximate surface area is 176 Å². The standard InChI is InChI=1S/C19H34N4O7/c1-10(2)7-13(23-17(27)12(20)5-6-16(25)26)18(28)21-9-15(24)22-14(19(29)30)8-11(3)4/h10-14H,5-9,20H2,1-4H3,(H,21,28)(H,22,24)(H,23,27)(H,25,26)(H,29,30). The Balaban J connectivity index is 4.83. The second-order valence-electron chi connectivity index (χ2n) is 8.04. The number of nitrogens with one attached hydrogen (secondary N) is 3. The highest BCUT2D eigenvalue weighted by molar-refractivity contribution is 5.92. The average molecular weight is 431 g/mol. The molecule has 0 aromatic heterocycles. The highest BCUT2D eigenvalue weighted by Crippen LogP contribution is 2.07. The van der Waals surface area contributed by atoms with Crippen LogP contribution in [0.15, 0.2) is 0 Å².